The van der Waals surface area contributed by atoms with Crippen LogP contribution in [0.5, 0.6) is 0 Å². The van der Waals surface area contributed by atoms with E-state index in [1.165, 1.54) is 13.8 Å². The zero-order chi connectivity index (χ0) is 63.5. The summed E-state index contributed by atoms with van der Waals surface area (Å²) in [6.45, 7) is 17.4. The van der Waals surface area contributed by atoms with Gasteiger partial charge in [-0.25, -0.2) is 4.79 Å². The number of esters is 3. The fourth-order valence-corrected chi connectivity index (χ4v) is 17.7. The van der Waals surface area contributed by atoms with Crippen LogP contribution in [0.1, 0.15) is 121 Å². The van der Waals surface area contributed by atoms with Gasteiger partial charge < -0.3 is 113 Å². The summed E-state index contributed by atoms with van der Waals surface area (Å²) < 4.78 is 66.6. The molecule has 0 aromatic heterocycles. The van der Waals surface area contributed by atoms with E-state index in [2.05, 4.69) is 26.8 Å². The second-order valence-electron chi connectivity index (χ2n) is 27.8. The molecule has 4 heterocycles. The lowest BCUT2D eigenvalue weighted by Crippen LogP contribution is -2.73. The molecule has 3 unspecified atom stereocenters. The Balaban J connectivity index is 1.02. The number of carboxylic acid groups (broad SMARTS) is 1. The average molecular weight is 1230 g/mol. The molecule has 27 nitrogen and oxygen atoms in total. The quantitative estimate of drug-likeness (QED) is 0.0397. The van der Waals surface area contributed by atoms with Gasteiger partial charge in [0.2, 0.25) is 0 Å². The van der Waals surface area contributed by atoms with Crippen LogP contribution in [0, 0.1) is 50.2 Å². The SMILES string of the molecule is CC(=O)O[C@@H]1[C@@H](OC(C)=O)[C@@H](O)[C@H](O[C@H]2[C@H](OC(C)=O)[C@@]3(CO)C(CC2(C)C)C2=CCC4[C@@]5(C)CC[C@H](O[C@@H]6O[C@H](C(=O)O)[C@@H](O)[C@H](O[C@@H]7O[C@@H](CO)[C@H](O)[C@H]7O)[C@H]6O[C@@H]6O[C@H](CO)[C@H](O)[C@H](O)[C@H]6O)C(C)(C)C5CC[C@@]4(C)[C@]2(C)C[C@H]3O)O[C@H]1C. The standard InChI is InChI=1S/C59H92O27/c1-23-42(77-24(2)63)44(78-25(3)64)41(73)52(76-23)86-47-48(79-26(4)65)59(22-62)28(18-54(47,5)6)27-12-13-32-56(9)16-15-34(55(7,8)31(56)14-17-57(32,10)58(27,11)19-33(59)66)82-53-46(85-51-39(71)37(69)35(67)29(20-60)80-51)43(40(72)45(84-53)49(74)75)83-50-38(70)36(68)30(21-61)81-50/h12,23,28-48,50-53,60-62,66-73H,13-22H2,1-11H3,(H,74,75)/t23-,28?,29+,30-,31?,32?,33+,34-,35-,36-,37-,38+,39+,40-,41+,42-,43-,44-,45-,46+,47-,48-,50-,51-,52-,53+,56-,57+,58+,59-/m0/s1. The smallest absolute Gasteiger partial charge is 0.335 e. The number of aliphatic hydroxyl groups excluding tert-OH is 11. The Morgan fingerprint density at radius 3 is 1.70 bits per heavy atom. The third-order valence-electron chi connectivity index (χ3n) is 22.2. The Morgan fingerprint density at radius 2 is 1.13 bits per heavy atom. The number of carbonyl (C=O) groups excluding carboxylic acids is 3. The van der Waals surface area contributed by atoms with Gasteiger partial charge in [0.15, 0.2) is 43.5 Å². The van der Waals surface area contributed by atoms with E-state index in [0.717, 1.165) is 12.5 Å². The first kappa shape index (κ1) is 67.3. The molecule has 9 aliphatic rings. The van der Waals surface area contributed by atoms with Gasteiger partial charge in [0.05, 0.1) is 43.5 Å². The summed E-state index contributed by atoms with van der Waals surface area (Å²) in [7, 11) is 0. The summed E-state index contributed by atoms with van der Waals surface area (Å²) in [6.07, 6.45) is -31.4. The lowest BCUT2D eigenvalue weighted by Gasteiger charge is -2.72. The summed E-state index contributed by atoms with van der Waals surface area (Å²) in [6, 6.07) is 0. The molecule has 27 heteroatoms. The van der Waals surface area contributed by atoms with Gasteiger partial charge >= 0.3 is 23.9 Å². The second kappa shape index (κ2) is 24.5. The van der Waals surface area contributed by atoms with Gasteiger partial charge in [-0.05, 0) is 96.7 Å². The highest BCUT2D eigenvalue weighted by atomic mass is 16.8. The van der Waals surface area contributed by atoms with E-state index in [-0.39, 0.29) is 18.3 Å². The monoisotopic (exact) mass is 1230 g/mol. The van der Waals surface area contributed by atoms with E-state index in [1.54, 1.807) is 6.92 Å². The minimum atomic E-state index is -2.13. The minimum Gasteiger partial charge on any atom is -0.479 e. The Bertz CT molecular complexity index is 2510. The molecular formula is C59H92O27. The van der Waals surface area contributed by atoms with Crippen molar-refractivity contribution in [3.63, 3.8) is 0 Å². The molecule has 12 N–H and O–H groups in total. The van der Waals surface area contributed by atoms with Crippen molar-refractivity contribution in [2.24, 2.45) is 50.2 Å². The first-order chi connectivity index (χ1) is 40.1. The highest BCUT2D eigenvalue weighted by molar-refractivity contribution is 5.73. The summed E-state index contributed by atoms with van der Waals surface area (Å²) >= 11 is 0. The molecule has 0 radical (unpaired) electrons. The molecule has 0 bridgehead atoms. The minimum absolute atomic E-state index is 0.0325. The van der Waals surface area contributed by atoms with Crippen molar-refractivity contribution < 1.29 is 133 Å². The van der Waals surface area contributed by atoms with Crippen LogP contribution in [0.25, 0.3) is 0 Å². The highest BCUT2D eigenvalue weighted by Crippen LogP contribution is 2.76. The van der Waals surface area contributed by atoms with E-state index in [4.69, 9.17) is 52.1 Å². The number of ether oxygens (including phenoxy) is 11. The van der Waals surface area contributed by atoms with Gasteiger partial charge in [0.1, 0.15) is 79.4 Å². The van der Waals surface area contributed by atoms with Gasteiger partial charge in [0, 0.05) is 20.8 Å². The number of rotatable bonds is 15. The Kier molecular flexibility index (Phi) is 19.1. The molecule has 0 spiro atoms. The zero-order valence-electron chi connectivity index (χ0n) is 50.6. The fourth-order valence-electron chi connectivity index (χ4n) is 17.7. The van der Waals surface area contributed by atoms with Crippen LogP contribution in [0.15, 0.2) is 11.6 Å². The lowest BCUT2D eigenvalue weighted by atomic mass is 9.33. The van der Waals surface area contributed by atoms with E-state index < -0.39 is 223 Å². The van der Waals surface area contributed by atoms with Gasteiger partial charge in [-0.1, -0.05) is 60.1 Å². The predicted octanol–water partition coefficient (Wildman–Crippen LogP) is -1.18. The van der Waals surface area contributed by atoms with Crippen LogP contribution < -0.4 is 0 Å². The van der Waals surface area contributed by atoms with Crippen molar-refractivity contribution in [3.05, 3.63) is 11.6 Å². The molecule has 86 heavy (non-hydrogen) atoms. The topological polar surface area (TPSA) is 413 Å². The maximum atomic E-state index is 13.3. The Morgan fingerprint density at radius 1 is 0.570 bits per heavy atom. The average Bonchev–Trinajstić information content (AvgIpc) is 0.721. The van der Waals surface area contributed by atoms with Gasteiger partial charge in [-0.3, -0.25) is 14.4 Å². The maximum Gasteiger partial charge on any atom is 0.335 e. The number of allylic oxidation sites excluding steroid dienone is 2. The highest BCUT2D eigenvalue weighted by Gasteiger charge is 2.74. The molecule has 5 aliphatic carbocycles. The molecule has 4 saturated heterocycles. The third-order valence-corrected chi connectivity index (χ3v) is 22.2. The molecule has 8 fully saturated rings. The molecule has 4 aliphatic heterocycles. The maximum absolute atomic E-state index is 13.3. The predicted molar refractivity (Wildman–Crippen MR) is 289 cm³/mol. The molecule has 0 amide bonds. The Hall–Kier alpha value is -3.14. The van der Waals surface area contributed by atoms with E-state index in [0.29, 0.717) is 38.5 Å². The van der Waals surface area contributed by atoms with Crippen molar-refractivity contribution in [1.29, 1.82) is 0 Å². The normalized spacial score (nSPS) is 50.5. The molecule has 0 aromatic carbocycles. The molecule has 0 aromatic rings. The number of aliphatic carboxylic acids is 1. The van der Waals surface area contributed by atoms with Crippen molar-refractivity contribution >= 4 is 23.9 Å². The number of carboxylic acids is 1. The van der Waals surface area contributed by atoms with Gasteiger partial charge in [0.25, 0.3) is 0 Å². The largest absolute Gasteiger partial charge is 0.479 e. The van der Waals surface area contributed by atoms with Gasteiger partial charge in [-0.2, -0.15) is 0 Å². The zero-order valence-corrected chi connectivity index (χ0v) is 50.6. The van der Waals surface area contributed by atoms with E-state index >= 15 is 0 Å². The molecule has 490 valence electrons. The first-order valence-corrected chi connectivity index (χ1v) is 30.1. The molecule has 30 atom stereocenters. The summed E-state index contributed by atoms with van der Waals surface area (Å²) in [5.41, 5.74) is -3.91. The molecule has 4 saturated carbocycles. The van der Waals surface area contributed by atoms with Crippen LogP contribution in [0.4, 0.5) is 0 Å². The number of hydrogen-bond donors (Lipinski definition) is 12. The number of fused-ring (bicyclic) bond motifs is 7. The van der Waals surface area contributed by atoms with Crippen molar-refractivity contribution in [3.8, 4) is 0 Å². The van der Waals surface area contributed by atoms with Crippen LogP contribution in [-0.2, 0) is 71.3 Å². The fraction of sp³-hybridized carbons (Fsp3) is 0.898. The third kappa shape index (κ3) is 11.1. The van der Waals surface area contributed by atoms with Crippen molar-refractivity contribution in [2.75, 3.05) is 19.8 Å². The van der Waals surface area contributed by atoms with Crippen LogP contribution in [-0.4, -0.2) is 246 Å². The van der Waals surface area contributed by atoms with E-state index in [1.807, 2.05) is 27.7 Å². The lowest BCUT2D eigenvalue weighted by molar-refractivity contribution is -0.386. The number of hydrogen-bond acceptors (Lipinski definition) is 26. The van der Waals surface area contributed by atoms with Crippen molar-refractivity contribution in [2.45, 2.75) is 262 Å². The molecule has 9 rings (SSSR count). The summed E-state index contributed by atoms with van der Waals surface area (Å²) in [4.78, 5) is 50.7. The number of aliphatic hydroxyl groups is 11. The number of carbonyl (C=O) groups is 4. The van der Waals surface area contributed by atoms with Crippen LogP contribution >= 0.6 is 0 Å². The summed E-state index contributed by atoms with van der Waals surface area (Å²) in [5, 5.41) is 133. The molecular weight excluding hydrogens is 1140 g/mol. The van der Waals surface area contributed by atoms with Gasteiger partial charge in [-0.15, -0.1) is 0 Å². The van der Waals surface area contributed by atoms with E-state index in [9.17, 15) is 80.5 Å². The Labute approximate surface area is 499 Å². The first-order valence-electron chi connectivity index (χ1n) is 30.1. The summed E-state index contributed by atoms with van der Waals surface area (Å²) in [5.74, 6) is -4.56. The van der Waals surface area contributed by atoms with Crippen LogP contribution in [0.3, 0.4) is 0 Å². The van der Waals surface area contributed by atoms with Crippen LogP contribution in [0.2, 0.25) is 0 Å². The van der Waals surface area contributed by atoms with Crippen molar-refractivity contribution in [1.82, 2.24) is 0 Å². The second-order valence-corrected chi connectivity index (χ2v) is 27.8.